The molecule has 0 spiro atoms. The Balaban J connectivity index is 1.42. The van der Waals surface area contributed by atoms with Gasteiger partial charge in [-0.05, 0) is 97.7 Å². The first kappa shape index (κ1) is 27.7. The van der Waals surface area contributed by atoms with E-state index in [2.05, 4.69) is 63.5 Å². The number of rotatable bonds is 9. The van der Waals surface area contributed by atoms with E-state index in [1.54, 1.807) is 5.57 Å². The second-order valence-electron chi connectivity index (χ2n) is 13.8. The second kappa shape index (κ2) is 11.2. The molecular weight excluding hydrogens is 496 g/mol. The molecule has 0 radical (unpaired) electrons. The minimum absolute atomic E-state index is 0.0531. The fourth-order valence-corrected chi connectivity index (χ4v) is 9.93. The lowest BCUT2D eigenvalue weighted by atomic mass is 9.47. The van der Waals surface area contributed by atoms with E-state index in [9.17, 15) is 4.79 Å². The first-order valence-electron chi connectivity index (χ1n) is 15.1. The molecule has 35 heavy (non-hydrogen) atoms. The number of carbonyl (C=O) groups is 1. The zero-order valence-corrected chi connectivity index (χ0v) is 25.2. The van der Waals surface area contributed by atoms with Crippen molar-refractivity contribution in [2.45, 2.75) is 136 Å². The quantitative estimate of drug-likeness (QED) is 0.163. The molecule has 0 aromatic carbocycles. The summed E-state index contributed by atoms with van der Waals surface area (Å²) < 4.78 is 5.98. The third-order valence-electron chi connectivity index (χ3n) is 11.3. The lowest BCUT2D eigenvalue weighted by Crippen LogP contribution is -2.51. The number of esters is 1. The standard InChI is InChI=1S/C32H53BrO2/c1-7-9-29(33)30(34)35-24-16-18-31(5)23(20-24)12-13-25-27-15-14-26(22(4)11-8-10-21(2)3)32(27,6)19-17-28(25)31/h12,21-22,24-29H,7-11,13-20H2,1-6H3/t22-,24-,25-,26+,27-,28-,29-,31-,32+/m0/s1. The van der Waals surface area contributed by atoms with E-state index in [4.69, 9.17) is 4.74 Å². The van der Waals surface area contributed by atoms with Gasteiger partial charge in [-0.25, -0.2) is 0 Å². The van der Waals surface area contributed by atoms with Crippen LogP contribution in [0.5, 0.6) is 0 Å². The molecule has 0 bridgehead atoms. The highest BCUT2D eigenvalue weighted by atomic mass is 79.9. The smallest absolute Gasteiger partial charge is 0.320 e. The van der Waals surface area contributed by atoms with Gasteiger partial charge in [0.05, 0.1) is 0 Å². The summed E-state index contributed by atoms with van der Waals surface area (Å²) in [6.45, 7) is 14.7. The summed E-state index contributed by atoms with van der Waals surface area (Å²) in [4.78, 5) is 12.4. The lowest BCUT2D eigenvalue weighted by molar-refractivity contribution is -0.150. The number of hydrogen-bond donors (Lipinski definition) is 0. The van der Waals surface area contributed by atoms with Crippen LogP contribution in [-0.2, 0) is 9.53 Å². The molecule has 4 aliphatic carbocycles. The Bertz CT molecular complexity index is 774. The van der Waals surface area contributed by atoms with Crippen molar-refractivity contribution in [3.63, 3.8) is 0 Å². The number of allylic oxidation sites excluding steroid dienone is 1. The molecule has 0 aliphatic heterocycles. The van der Waals surface area contributed by atoms with Crippen LogP contribution in [0, 0.1) is 46.3 Å². The Labute approximate surface area is 224 Å². The first-order valence-corrected chi connectivity index (χ1v) is 16.1. The predicted octanol–water partition coefficient (Wildman–Crippen LogP) is 9.50. The minimum Gasteiger partial charge on any atom is -0.461 e. The van der Waals surface area contributed by atoms with Gasteiger partial charge in [-0.3, -0.25) is 4.79 Å². The second-order valence-corrected chi connectivity index (χ2v) is 15.0. The lowest BCUT2D eigenvalue weighted by Gasteiger charge is -2.58. The van der Waals surface area contributed by atoms with Gasteiger partial charge in [-0.1, -0.05) is 94.8 Å². The van der Waals surface area contributed by atoms with Crippen molar-refractivity contribution in [3.05, 3.63) is 11.6 Å². The van der Waals surface area contributed by atoms with Crippen LogP contribution in [0.15, 0.2) is 11.6 Å². The Hall–Kier alpha value is -0.310. The van der Waals surface area contributed by atoms with Gasteiger partial charge >= 0.3 is 5.97 Å². The van der Waals surface area contributed by atoms with E-state index in [1.165, 1.54) is 57.8 Å². The topological polar surface area (TPSA) is 26.3 Å². The SMILES string of the molecule is CCC[C@H](Br)C(=O)O[C@H]1CC[C@@]2(C)C(=CC[C@H]3[C@@H]4CC[C@H]([C@@H](C)CCCC(C)C)[C@@]4(C)CC[C@@H]32)C1. The molecule has 0 saturated heterocycles. The van der Waals surface area contributed by atoms with E-state index in [0.717, 1.165) is 61.2 Å². The van der Waals surface area contributed by atoms with Crippen LogP contribution in [0.2, 0.25) is 0 Å². The predicted molar refractivity (Wildman–Crippen MR) is 151 cm³/mol. The Morgan fingerprint density at radius 3 is 2.54 bits per heavy atom. The van der Waals surface area contributed by atoms with Crippen LogP contribution in [0.25, 0.3) is 0 Å². The maximum atomic E-state index is 12.5. The van der Waals surface area contributed by atoms with Gasteiger partial charge in [0.15, 0.2) is 0 Å². The molecule has 0 unspecified atom stereocenters. The fraction of sp³-hybridized carbons (Fsp3) is 0.906. The third-order valence-corrected chi connectivity index (χ3v) is 12.2. The molecule has 0 heterocycles. The molecule has 3 fully saturated rings. The zero-order valence-electron chi connectivity index (χ0n) is 23.6. The monoisotopic (exact) mass is 548 g/mol. The summed E-state index contributed by atoms with van der Waals surface area (Å²) in [5, 5.41) is 0. The Kier molecular flexibility index (Phi) is 8.87. The summed E-state index contributed by atoms with van der Waals surface area (Å²) in [7, 11) is 0. The minimum atomic E-state index is -0.148. The number of halogens is 1. The Morgan fingerprint density at radius 2 is 1.83 bits per heavy atom. The molecular formula is C32H53BrO2. The van der Waals surface area contributed by atoms with Crippen molar-refractivity contribution in [2.24, 2.45) is 46.3 Å². The van der Waals surface area contributed by atoms with E-state index in [-0.39, 0.29) is 16.9 Å². The van der Waals surface area contributed by atoms with Crippen LogP contribution in [0.4, 0.5) is 0 Å². The number of carbonyl (C=O) groups excluding carboxylic acids is 1. The molecule has 9 atom stereocenters. The number of fused-ring (bicyclic) bond motifs is 5. The van der Waals surface area contributed by atoms with Gasteiger partial charge < -0.3 is 4.74 Å². The van der Waals surface area contributed by atoms with E-state index in [0.29, 0.717) is 10.8 Å². The van der Waals surface area contributed by atoms with Crippen LogP contribution in [-0.4, -0.2) is 16.9 Å². The van der Waals surface area contributed by atoms with Gasteiger partial charge in [0.2, 0.25) is 0 Å². The van der Waals surface area contributed by atoms with Crippen LogP contribution < -0.4 is 0 Å². The van der Waals surface area contributed by atoms with Crippen LogP contribution in [0.1, 0.15) is 125 Å². The molecule has 200 valence electrons. The van der Waals surface area contributed by atoms with Crippen molar-refractivity contribution in [1.82, 2.24) is 0 Å². The molecule has 4 aliphatic rings. The van der Waals surface area contributed by atoms with Gasteiger partial charge in [0, 0.05) is 6.42 Å². The largest absolute Gasteiger partial charge is 0.461 e. The highest BCUT2D eigenvalue weighted by Gasteiger charge is 2.59. The normalized spacial score (nSPS) is 40.3. The molecule has 0 amide bonds. The fourth-order valence-electron chi connectivity index (χ4n) is 9.36. The number of hydrogen-bond acceptors (Lipinski definition) is 2. The van der Waals surface area contributed by atoms with Crippen molar-refractivity contribution in [2.75, 3.05) is 0 Å². The highest BCUT2D eigenvalue weighted by molar-refractivity contribution is 9.10. The summed E-state index contributed by atoms with van der Waals surface area (Å²) in [6.07, 6.45) is 19.0. The average Bonchev–Trinajstić information content (AvgIpc) is 3.16. The molecule has 3 saturated carbocycles. The molecule has 0 N–H and O–H groups in total. The number of alkyl halides is 1. The molecule has 3 heteroatoms. The van der Waals surface area contributed by atoms with E-state index < -0.39 is 0 Å². The highest BCUT2D eigenvalue weighted by Crippen LogP contribution is 2.67. The number of ether oxygens (including phenoxy) is 1. The van der Waals surface area contributed by atoms with Gasteiger partial charge in [-0.2, -0.15) is 0 Å². The average molecular weight is 550 g/mol. The van der Waals surface area contributed by atoms with Crippen molar-refractivity contribution in [3.8, 4) is 0 Å². The van der Waals surface area contributed by atoms with Crippen LogP contribution in [0.3, 0.4) is 0 Å². The van der Waals surface area contributed by atoms with Crippen molar-refractivity contribution >= 4 is 21.9 Å². The summed E-state index contributed by atoms with van der Waals surface area (Å²) in [6, 6.07) is 0. The maximum absolute atomic E-state index is 12.5. The summed E-state index contributed by atoms with van der Waals surface area (Å²) >= 11 is 3.53. The first-order chi connectivity index (χ1) is 16.6. The zero-order chi connectivity index (χ0) is 25.4. The third kappa shape index (κ3) is 5.46. The van der Waals surface area contributed by atoms with E-state index >= 15 is 0 Å². The van der Waals surface area contributed by atoms with E-state index in [1.807, 2.05) is 0 Å². The van der Waals surface area contributed by atoms with Gasteiger partial charge in [0.1, 0.15) is 10.9 Å². The molecule has 0 aromatic rings. The van der Waals surface area contributed by atoms with Gasteiger partial charge in [-0.15, -0.1) is 0 Å². The molecule has 4 rings (SSSR count). The molecule has 2 nitrogen and oxygen atoms in total. The van der Waals surface area contributed by atoms with Crippen molar-refractivity contribution in [1.29, 1.82) is 0 Å². The maximum Gasteiger partial charge on any atom is 0.320 e. The van der Waals surface area contributed by atoms with Crippen LogP contribution >= 0.6 is 15.9 Å². The summed E-state index contributed by atoms with van der Waals surface area (Å²) in [5.41, 5.74) is 2.49. The van der Waals surface area contributed by atoms with Crippen molar-refractivity contribution < 1.29 is 9.53 Å². The van der Waals surface area contributed by atoms with Gasteiger partial charge in [0.25, 0.3) is 0 Å². The summed E-state index contributed by atoms with van der Waals surface area (Å²) in [5.74, 6) is 5.19. The molecule has 0 aromatic heterocycles. The Morgan fingerprint density at radius 1 is 1.06 bits per heavy atom.